The molecule has 0 heterocycles. The number of nitrogens with two attached hydrogens (primary N) is 1. The van der Waals surface area contributed by atoms with Gasteiger partial charge in [0.05, 0.1) is 26.2 Å². The molecule has 0 aliphatic rings. The molecule has 0 saturated heterocycles. The predicted octanol–water partition coefficient (Wildman–Crippen LogP) is -2.21. The van der Waals surface area contributed by atoms with E-state index in [1.807, 2.05) is 0 Å². The minimum atomic E-state index is -1.26. The molecule has 0 saturated carbocycles. The number of carboxylic acid groups (broad SMARTS) is 5. The number of hydrogen-bond donors (Lipinski definition) is 7. The third-order valence-electron chi connectivity index (χ3n) is 2.89. The summed E-state index contributed by atoms with van der Waals surface area (Å²) in [4.78, 5) is 52.6. The minimum Gasteiger partial charge on any atom is -0.480 e. The van der Waals surface area contributed by atoms with E-state index in [2.05, 4.69) is 5.32 Å². The zero-order valence-corrected chi connectivity index (χ0v) is 14.5. The summed E-state index contributed by atoms with van der Waals surface area (Å²) in [6.45, 7) is -1.46. The van der Waals surface area contributed by atoms with Gasteiger partial charge in [0.2, 0.25) is 0 Å². The Bertz CT molecular complexity index is 481. The van der Waals surface area contributed by atoms with E-state index in [1.165, 1.54) is 0 Å². The summed E-state index contributed by atoms with van der Waals surface area (Å²) < 4.78 is 0. The van der Waals surface area contributed by atoms with E-state index < -0.39 is 49.0 Å². The predicted molar refractivity (Wildman–Crippen MR) is 89.3 cm³/mol. The van der Waals surface area contributed by atoms with Gasteiger partial charge in [0, 0.05) is 0 Å². The molecule has 0 amide bonds. The second-order valence-electron chi connectivity index (χ2n) is 5.22. The van der Waals surface area contributed by atoms with E-state index in [9.17, 15) is 24.0 Å². The molecule has 0 aliphatic heterocycles. The highest BCUT2D eigenvalue weighted by Crippen LogP contribution is 2.09. The highest BCUT2D eigenvalue weighted by atomic mass is 16.4. The minimum absolute atomic E-state index is 0.174. The van der Waals surface area contributed by atoms with Gasteiger partial charge in [-0.05, 0) is 19.4 Å². The molecule has 8 N–H and O–H groups in total. The van der Waals surface area contributed by atoms with Crippen molar-refractivity contribution in [3.05, 3.63) is 0 Å². The van der Waals surface area contributed by atoms with Crippen LogP contribution in [-0.4, -0.2) is 99.0 Å². The van der Waals surface area contributed by atoms with Crippen molar-refractivity contribution < 1.29 is 49.5 Å². The average molecular weight is 395 g/mol. The van der Waals surface area contributed by atoms with E-state index in [4.69, 9.17) is 31.3 Å². The Morgan fingerprint density at radius 2 is 1.22 bits per heavy atom. The molecule has 0 radical (unpaired) electrons. The number of nitrogens with zero attached hydrogens (tertiary/aromatic N) is 1. The first-order valence-corrected chi connectivity index (χ1v) is 7.76. The smallest absolute Gasteiger partial charge is 0.320 e. The maximum atomic E-state index is 11.0. The number of nitrogens with one attached hydrogen (secondary N) is 1. The lowest BCUT2D eigenvalue weighted by molar-refractivity contribution is -0.149. The zero-order chi connectivity index (χ0) is 21.4. The summed E-state index contributed by atoms with van der Waals surface area (Å²) in [5.74, 6) is -5.87. The fourth-order valence-corrected chi connectivity index (χ4v) is 1.84. The van der Waals surface area contributed by atoms with Crippen molar-refractivity contribution in [2.24, 2.45) is 5.73 Å². The maximum absolute atomic E-state index is 11.0. The first-order chi connectivity index (χ1) is 12.5. The molecule has 0 fully saturated rings. The van der Waals surface area contributed by atoms with E-state index >= 15 is 0 Å². The number of unbranched alkanes of at least 4 members (excludes halogenated alkanes) is 1. The Morgan fingerprint density at radius 1 is 0.778 bits per heavy atom. The molecule has 0 rings (SSSR count). The zero-order valence-electron chi connectivity index (χ0n) is 14.5. The van der Waals surface area contributed by atoms with Crippen LogP contribution in [0.1, 0.15) is 19.3 Å². The van der Waals surface area contributed by atoms with Crippen molar-refractivity contribution in [3.8, 4) is 0 Å². The molecule has 13 heteroatoms. The van der Waals surface area contributed by atoms with Crippen LogP contribution in [0.5, 0.6) is 0 Å². The van der Waals surface area contributed by atoms with Crippen molar-refractivity contribution in [3.63, 3.8) is 0 Å². The lowest BCUT2D eigenvalue weighted by Crippen LogP contribution is -2.46. The number of rotatable bonds is 14. The van der Waals surface area contributed by atoms with Gasteiger partial charge in [0.25, 0.3) is 0 Å². The second kappa shape index (κ2) is 15.5. The summed E-state index contributed by atoms with van der Waals surface area (Å²) >= 11 is 0. The third kappa shape index (κ3) is 17.8. The SMILES string of the molecule is NCCCC[C@@H](C(=O)O)N(CC(=O)O)CC(=O)O.O=C(O)CNCC(=O)O. The van der Waals surface area contributed by atoms with Gasteiger partial charge in [0.15, 0.2) is 0 Å². The average Bonchev–Trinajstić information content (AvgIpc) is 2.49. The quantitative estimate of drug-likeness (QED) is 0.155. The van der Waals surface area contributed by atoms with Crippen LogP contribution in [0.4, 0.5) is 0 Å². The molecule has 0 spiro atoms. The van der Waals surface area contributed by atoms with Gasteiger partial charge in [-0.15, -0.1) is 0 Å². The van der Waals surface area contributed by atoms with Crippen molar-refractivity contribution in [1.82, 2.24) is 10.2 Å². The molecule has 27 heavy (non-hydrogen) atoms. The molecular formula is C14H25N3O10. The first kappa shape index (κ1) is 26.5. The van der Waals surface area contributed by atoms with E-state index in [0.29, 0.717) is 19.4 Å². The second-order valence-corrected chi connectivity index (χ2v) is 5.22. The Hall–Kier alpha value is -2.77. The first-order valence-electron chi connectivity index (χ1n) is 7.76. The molecule has 13 nitrogen and oxygen atoms in total. The van der Waals surface area contributed by atoms with E-state index in [-0.39, 0.29) is 19.5 Å². The van der Waals surface area contributed by atoms with Crippen LogP contribution >= 0.6 is 0 Å². The van der Waals surface area contributed by atoms with E-state index in [0.717, 1.165) is 4.90 Å². The molecular weight excluding hydrogens is 370 g/mol. The number of hydrogen-bond acceptors (Lipinski definition) is 8. The van der Waals surface area contributed by atoms with Gasteiger partial charge in [-0.1, -0.05) is 6.42 Å². The largest absolute Gasteiger partial charge is 0.480 e. The highest BCUT2D eigenvalue weighted by molar-refractivity contribution is 5.78. The van der Waals surface area contributed by atoms with Crippen LogP contribution in [0.3, 0.4) is 0 Å². The maximum Gasteiger partial charge on any atom is 0.320 e. The molecule has 156 valence electrons. The Balaban J connectivity index is 0. The van der Waals surface area contributed by atoms with Crippen LogP contribution in [-0.2, 0) is 24.0 Å². The summed E-state index contributed by atoms with van der Waals surface area (Å²) in [5.41, 5.74) is 5.28. The van der Waals surface area contributed by atoms with Gasteiger partial charge < -0.3 is 31.3 Å². The lowest BCUT2D eigenvalue weighted by Gasteiger charge is -2.25. The van der Waals surface area contributed by atoms with Gasteiger partial charge in [0.1, 0.15) is 6.04 Å². The van der Waals surface area contributed by atoms with Crippen LogP contribution in [0.15, 0.2) is 0 Å². The topological polar surface area (TPSA) is 228 Å². The van der Waals surface area contributed by atoms with Gasteiger partial charge in [-0.25, -0.2) is 0 Å². The third-order valence-corrected chi connectivity index (χ3v) is 2.89. The van der Waals surface area contributed by atoms with Crippen LogP contribution in [0.2, 0.25) is 0 Å². The monoisotopic (exact) mass is 395 g/mol. The van der Waals surface area contributed by atoms with Gasteiger partial charge in [-0.2, -0.15) is 0 Å². The Labute approximate surface area is 154 Å². The molecule has 0 aromatic rings. The number of carbonyl (C=O) groups is 5. The van der Waals surface area contributed by atoms with E-state index in [1.54, 1.807) is 0 Å². The molecule has 0 aromatic carbocycles. The van der Waals surface area contributed by atoms with Gasteiger partial charge >= 0.3 is 29.8 Å². The van der Waals surface area contributed by atoms with Crippen molar-refractivity contribution in [2.75, 3.05) is 32.7 Å². The number of aliphatic carboxylic acids is 5. The molecule has 1 atom stereocenters. The summed E-state index contributed by atoms with van der Waals surface area (Å²) in [6.07, 6.45) is 1.29. The van der Waals surface area contributed by atoms with Crippen LogP contribution < -0.4 is 11.1 Å². The summed E-state index contributed by atoms with van der Waals surface area (Å²) in [5, 5.41) is 44.4. The standard InChI is InChI=1S/C10H18N2O6.C4H7NO4/c11-4-2-1-3-7(10(17)18)12(5-8(13)14)6-9(15)16;6-3(7)1-5-2-4(8)9/h7H,1-6,11H2,(H,13,14)(H,15,16)(H,17,18);5H,1-2H2,(H,6,7)(H,8,9)/t7-;/m0./s1. The fraction of sp³-hybridized carbons (Fsp3) is 0.643. The number of carboxylic acids is 5. The Kier molecular flexibility index (Phi) is 15.2. The van der Waals surface area contributed by atoms with Gasteiger partial charge in [-0.3, -0.25) is 34.2 Å². The highest BCUT2D eigenvalue weighted by Gasteiger charge is 2.28. The molecule has 0 aromatic heterocycles. The summed E-state index contributed by atoms with van der Waals surface area (Å²) in [7, 11) is 0. The van der Waals surface area contributed by atoms with Crippen LogP contribution in [0, 0.1) is 0 Å². The van der Waals surface area contributed by atoms with Crippen molar-refractivity contribution in [1.29, 1.82) is 0 Å². The van der Waals surface area contributed by atoms with Crippen molar-refractivity contribution in [2.45, 2.75) is 25.3 Å². The van der Waals surface area contributed by atoms with Crippen molar-refractivity contribution >= 4 is 29.8 Å². The lowest BCUT2D eigenvalue weighted by atomic mass is 10.1. The normalized spacial score (nSPS) is 11.2. The molecule has 0 aliphatic carbocycles. The van der Waals surface area contributed by atoms with Crippen LogP contribution in [0.25, 0.3) is 0 Å². The summed E-state index contributed by atoms with van der Waals surface area (Å²) in [6, 6.07) is -1.12. The Morgan fingerprint density at radius 3 is 1.52 bits per heavy atom. The molecule has 0 bridgehead atoms. The fourth-order valence-electron chi connectivity index (χ4n) is 1.84. The molecule has 0 unspecified atom stereocenters.